The van der Waals surface area contributed by atoms with E-state index in [1.807, 2.05) is 13.8 Å². The van der Waals surface area contributed by atoms with Crippen molar-refractivity contribution in [3.63, 3.8) is 0 Å². The van der Waals surface area contributed by atoms with Crippen LogP contribution in [0.1, 0.15) is 221 Å². The largest absolute Gasteiger partial charge is 0.494 e. The van der Waals surface area contributed by atoms with Crippen LogP contribution in [0, 0.1) is 46.5 Å². The molecule has 0 spiro atoms. The Balaban J connectivity index is 0.000000547. The summed E-state index contributed by atoms with van der Waals surface area (Å²) in [6.45, 7) is 15.2. The van der Waals surface area contributed by atoms with Crippen LogP contribution in [-0.2, 0) is 0 Å². The quantitative estimate of drug-likeness (QED) is 0.0321. The van der Waals surface area contributed by atoms with E-state index in [1.54, 1.807) is 0 Å². The zero-order chi connectivity index (χ0) is 60.6. The lowest BCUT2D eigenvalue weighted by molar-refractivity contribution is 0.268. The molecular formula is C66H100F8O8. The zero-order valence-electron chi connectivity index (χ0n) is 51.0. The molecule has 0 aromatic heterocycles. The number of ether oxygens (including phenoxy) is 8. The summed E-state index contributed by atoms with van der Waals surface area (Å²) in [6.07, 6.45) is 30.6. The fraction of sp³-hybridized carbons (Fsp3) is 0.636. The van der Waals surface area contributed by atoms with Gasteiger partial charge in [0.2, 0.25) is 46.5 Å². The first kappa shape index (κ1) is 74.7. The van der Waals surface area contributed by atoms with Crippen molar-refractivity contribution in [1.82, 2.24) is 0 Å². The second kappa shape index (κ2) is 49.2. The van der Waals surface area contributed by atoms with E-state index in [9.17, 15) is 35.1 Å². The first-order chi connectivity index (χ1) is 39.8. The van der Waals surface area contributed by atoms with E-state index in [4.69, 9.17) is 37.9 Å². The van der Waals surface area contributed by atoms with Gasteiger partial charge in [-0.1, -0.05) is 183 Å². The highest BCUT2D eigenvalue weighted by Gasteiger charge is 2.19. The van der Waals surface area contributed by atoms with Crippen molar-refractivity contribution < 1.29 is 73.0 Å². The maximum absolute atomic E-state index is 13.9. The molecule has 4 aromatic carbocycles. The Morgan fingerprint density at radius 2 is 0.354 bits per heavy atom. The van der Waals surface area contributed by atoms with E-state index >= 15 is 0 Å². The third-order valence-corrected chi connectivity index (χ3v) is 13.0. The number of methoxy groups -OCH3 is 2. The van der Waals surface area contributed by atoms with Crippen molar-refractivity contribution in [2.24, 2.45) is 0 Å². The van der Waals surface area contributed by atoms with Crippen LogP contribution >= 0.6 is 0 Å². The minimum absolute atomic E-state index is 0.0334. The normalized spacial score (nSPS) is 10.6. The Hall–Kier alpha value is -5.28. The molecule has 0 atom stereocenters. The van der Waals surface area contributed by atoms with Gasteiger partial charge in [-0.05, 0) is 87.1 Å². The van der Waals surface area contributed by atoms with Crippen molar-refractivity contribution in [3.8, 4) is 46.0 Å². The van der Waals surface area contributed by atoms with E-state index in [-0.39, 0.29) is 46.0 Å². The van der Waals surface area contributed by atoms with Gasteiger partial charge in [-0.15, -0.1) is 0 Å². The highest BCUT2D eigenvalue weighted by molar-refractivity contribution is 5.37. The van der Waals surface area contributed by atoms with Gasteiger partial charge in [-0.2, -0.15) is 35.1 Å². The summed E-state index contributed by atoms with van der Waals surface area (Å²) in [5.41, 5.74) is 0. The van der Waals surface area contributed by atoms with E-state index in [1.165, 1.54) is 146 Å². The van der Waals surface area contributed by atoms with Crippen LogP contribution in [0.2, 0.25) is 0 Å². The third-order valence-electron chi connectivity index (χ3n) is 13.0. The number of halogens is 8. The topological polar surface area (TPSA) is 73.8 Å². The lowest BCUT2D eigenvalue weighted by Gasteiger charge is -2.11. The highest BCUT2D eigenvalue weighted by Crippen LogP contribution is 2.31. The summed E-state index contributed by atoms with van der Waals surface area (Å²) < 4.78 is 150. The van der Waals surface area contributed by atoms with Gasteiger partial charge < -0.3 is 37.9 Å². The van der Waals surface area contributed by atoms with Gasteiger partial charge in [0.1, 0.15) is 0 Å². The zero-order valence-corrected chi connectivity index (χ0v) is 51.0. The Labute approximate surface area is 487 Å². The number of unbranched alkanes of at least 4 members (excludes halogenated alkanes) is 22. The molecule has 0 aliphatic heterocycles. The third kappa shape index (κ3) is 32.0. The molecule has 0 aliphatic rings. The van der Waals surface area contributed by atoms with Gasteiger partial charge >= 0.3 is 0 Å². The lowest BCUT2D eigenvalue weighted by atomic mass is 10.1. The van der Waals surface area contributed by atoms with Crippen LogP contribution in [0.25, 0.3) is 0 Å². The maximum atomic E-state index is 13.9. The minimum Gasteiger partial charge on any atom is -0.494 e. The average molecular weight is 1170 g/mol. The Bertz CT molecular complexity index is 2220. The van der Waals surface area contributed by atoms with Crippen LogP contribution in [0.4, 0.5) is 35.1 Å². The predicted octanol–water partition coefficient (Wildman–Crippen LogP) is 21.2. The molecule has 0 saturated heterocycles. The van der Waals surface area contributed by atoms with Crippen LogP contribution in [0.3, 0.4) is 0 Å². The first-order valence-electron chi connectivity index (χ1n) is 30.6. The van der Waals surface area contributed by atoms with Crippen molar-refractivity contribution >= 4 is 0 Å². The van der Waals surface area contributed by atoms with E-state index in [2.05, 4.69) is 27.7 Å². The molecule has 82 heavy (non-hydrogen) atoms. The van der Waals surface area contributed by atoms with Gasteiger partial charge in [0, 0.05) is 0 Å². The summed E-state index contributed by atoms with van der Waals surface area (Å²) in [6, 6.07) is 11.3. The standard InChI is InChI=1S/C18H28F2O2.C17H26F2O2.C16H24F2O2.C15H22F2O2/c1-3-5-7-8-9-10-14-22-16-12-11-15(17(19)18(16)20)21-13-6-4-2;1-3-5-7-8-9-13-21-15-11-10-14(16(18)17(15)19)20-12-6-4-2;1-3-4-5-6-7-8-9-12-20-14-11-10-13(19-2)15(17)16(14)18;1-3-4-5-6-7-8-11-19-13-10-9-12(18-2)14(16)15(13)17/h11-12H,3-10,13-14H2,1-2H3;10-11H,3-9,12-13H2,1-2H3;10-11H,3-9,12H2,1-2H3;9-10H,3-8,11H2,1-2H3. The lowest BCUT2D eigenvalue weighted by Crippen LogP contribution is -2.04. The smallest absolute Gasteiger partial charge is 0.204 e. The van der Waals surface area contributed by atoms with Crippen LogP contribution < -0.4 is 37.9 Å². The van der Waals surface area contributed by atoms with Crippen molar-refractivity contribution in [1.29, 1.82) is 0 Å². The van der Waals surface area contributed by atoms with Crippen LogP contribution in [0.5, 0.6) is 46.0 Å². The number of benzene rings is 4. The van der Waals surface area contributed by atoms with Gasteiger partial charge in [0.05, 0.1) is 53.9 Å². The molecule has 4 rings (SSSR count). The molecule has 16 heteroatoms. The molecule has 0 aliphatic carbocycles. The van der Waals surface area contributed by atoms with Gasteiger partial charge in [-0.3, -0.25) is 0 Å². The maximum Gasteiger partial charge on any atom is 0.204 e. The summed E-state index contributed by atoms with van der Waals surface area (Å²) in [5.74, 6) is -8.26. The van der Waals surface area contributed by atoms with E-state index < -0.39 is 46.5 Å². The van der Waals surface area contributed by atoms with E-state index in [0.717, 1.165) is 96.3 Å². The molecule has 4 aromatic rings. The highest BCUT2D eigenvalue weighted by atomic mass is 19.2. The number of hydrogen-bond acceptors (Lipinski definition) is 8. The molecule has 468 valence electrons. The molecule has 0 bridgehead atoms. The van der Waals surface area contributed by atoms with Gasteiger partial charge in [0.15, 0.2) is 46.0 Å². The molecule has 0 N–H and O–H groups in total. The monoisotopic (exact) mass is 1170 g/mol. The van der Waals surface area contributed by atoms with Crippen LogP contribution in [0.15, 0.2) is 48.5 Å². The average Bonchev–Trinajstić information content (AvgIpc) is 3.54. The summed E-state index contributed by atoms with van der Waals surface area (Å²) in [7, 11) is 2.60. The molecule has 0 saturated carbocycles. The van der Waals surface area contributed by atoms with Crippen molar-refractivity contribution in [2.75, 3.05) is 53.9 Å². The molecule has 0 amide bonds. The number of rotatable bonds is 42. The van der Waals surface area contributed by atoms with Crippen molar-refractivity contribution in [2.45, 2.75) is 221 Å². The Morgan fingerprint density at radius 1 is 0.207 bits per heavy atom. The summed E-state index contributed by atoms with van der Waals surface area (Å²) in [4.78, 5) is 0. The fourth-order valence-electron chi connectivity index (χ4n) is 7.95. The molecule has 0 radical (unpaired) electrons. The SMILES string of the molecule is CCCCCCCCCOc1ccc(OC)c(F)c1F.CCCCCCCCOc1ccc(OC)c(F)c1F.CCCCCCCCOc1ccc(OCCCC)c(F)c1F.CCCCCCCOc1ccc(OCCCC)c(F)c1F. The Kier molecular flexibility index (Phi) is 44.8. The second-order valence-electron chi connectivity index (χ2n) is 20.0. The number of hydrogen-bond donors (Lipinski definition) is 0. The minimum atomic E-state index is -0.997. The second-order valence-corrected chi connectivity index (χ2v) is 20.0. The molecule has 0 heterocycles. The predicted molar refractivity (Wildman–Crippen MR) is 315 cm³/mol. The van der Waals surface area contributed by atoms with Gasteiger partial charge in [-0.25, -0.2) is 0 Å². The molecule has 0 unspecified atom stereocenters. The summed E-state index contributed by atoms with van der Waals surface area (Å²) >= 11 is 0. The van der Waals surface area contributed by atoms with Crippen LogP contribution in [-0.4, -0.2) is 53.9 Å². The molecule has 0 fully saturated rings. The van der Waals surface area contributed by atoms with Crippen molar-refractivity contribution in [3.05, 3.63) is 95.1 Å². The molecular weight excluding hydrogens is 1070 g/mol. The van der Waals surface area contributed by atoms with Gasteiger partial charge in [0.25, 0.3) is 0 Å². The van der Waals surface area contributed by atoms with E-state index in [0.29, 0.717) is 39.6 Å². The first-order valence-corrected chi connectivity index (χ1v) is 30.6. The molecule has 8 nitrogen and oxygen atoms in total. The summed E-state index contributed by atoms with van der Waals surface area (Å²) in [5, 5.41) is 0. The fourth-order valence-corrected chi connectivity index (χ4v) is 7.95. The Morgan fingerprint density at radius 3 is 0.537 bits per heavy atom.